The second kappa shape index (κ2) is 7.50. The van der Waals surface area contributed by atoms with Gasteiger partial charge in [-0.1, -0.05) is 43.3 Å². The van der Waals surface area contributed by atoms with E-state index in [9.17, 15) is 4.79 Å². The fraction of sp³-hybridized carbons (Fsp3) is 0.278. The molecule has 2 N–H and O–H groups in total. The first-order valence-electron chi connectivity index (χ1n) is 7.41. The second-order valence-electron chi connectivity index (χ2n) is 5.17. The molecule has 0 fully saturated rings. The highest BCUT2D eigenvalue weighted by Gasteiger charge is 2.13. The van der Waals surface area contributed by atoms with Gasteiger partial charge in [-0.05, 0) is 36.6 Å². The summed E-state index contributed by atoms with van der Waals surface area (Å²) in [7, 11) is 1.59. The molecule has 0 aliphatic rings. The molecule has 0 aliphatic heterocycles. The van der Waals surface area contributed by atoms with Crippen LogP contribution in [0.3, 0.4) is 0 Å². The highest BCUT2D eigenvalue weighted by molar-refractivity contribution is 5.91. The molecule has 4 heteroatoms. The molecule has 0 saturated carbocycles. The van der Waals surface area contributed by atoms with Gasteiger partial charge in [-0.15, -0.1) is 0 Å². The van der Waals surface area contributed by atoms with Gasteiger partial charge in [0.25, 0.3) is 0 Å². The second-order valence-corrected chi connectivity index (χ2v) is 5.17. The number of rotatable bonds is 5. The van der Waals surface area contributed by atoms with Crippen molar-refractivity contribution in [2.75, 3.05) is 12.4 Å². The lowest BCUT2D eigenvalue weighted by Gasteiger charge is -2.18. The molecule has 22 heavy (non-hydrogen) atoms. The molecule has 0 heterocycles. The first kappa shape index (κ1) is 15.9. The zero-order chi connectivity index (χ0) is 15.9. The van der Waals surface area contributed by atoms with Crippen molar-refractivity contribution in [2.24, 2.45) is 0 Å². The lowest BCUT2D eigenvalue weighted by molar-refractivity contribution is 0.248. The summed E-state index contributed by atoms with van der Waals surface area (Å²) in [5, 5.41) is 5.86. The van der Waals surface area contributed by atoms with E-state index in [4.69, 9.17) is 4.74 Å². The summed E-state index contributed by atoms with van der Waals surface area (Å²) < 4.78 is 5.27. The topological polar surface area (TPSA) is 50.4 Å². The smallest absolute Gasteiger partial charge is 0.319 e. The Morgan fingerprint density at radius 1 is 1.18 bits per heavy atom. The number of hydrogen-bond donors (Lipinski definition) is 2. The van der Waals surface area contributed by atoms with Crippen LogP contribution in [0.2, 0.25) is 0 Å². The van der Waals surface area contributed by atoms with Gasteiger partial charge in [-0.3, -0.25) is 0 Å². The summed E-state index contributed by atoms with van der Waals surface area (Å²) in [4.78, 5) is 12.3. The molecule has 4 nitrogen and oxygen atoms in total. The van der Waals surface area contributed by atoms with Crippen LogP contribution in [0.15, 0.2) is 48.5 Å². The normalized spacial score (nSPS) is 11.6. The molecule has 0 radical (unpaired) electrons. The standard InChI is InChI=1S/C18H22N2O2/c1-4-15(14-8-6-5-7-9-14)19-18(21)20-16-12-13(2)10-11-17(16)22-3/h5-12,15H,4H2,1-3H3,(H2,19,20,21)/t15-/m1/s1. The van der Waals surface area contributed by atoms with Crippen molar-refractivity contribution >= 4 is 11.7 Å². The van der Waals surface area contributed by atoms with Gasteiger partial charge in [0.05, 0.1) is 18.8 Å². The molecule has 0 spiro atoms. The molecule has 1 atom stereocenters. The van der Waals surface area contributed by atoms with Crippen LogP contribution in [-0.2, 0) is 0 Å². The zero-order valence-corrected chi connectivity index (χ0v) is 13.2. The predicted molar refractivity (Wildman–Crippen MR) is 89.4 cm³/mol. The van der Waals surface area contributed by atoms with E-state index in [0.717, 1.165) is 17.5 Å². The van der Waals surface area contributed by atoms with Crippen LogP contribution in [0.4, 0.5) is 10.5 Å². The number of carbonyl (C=O) groups is 1. The van der Waals surface area contributed by atoms with Crippen LogP contribution in [0.5, 0.6) is 5.75 Å². The van der Waals surface area contributed by atoms with E-state index in [-0.39, 0.29) is 12.1 Å². The average molecular weight is 298 g/mol. The molecule has 0 bridgehead atoms. The number of hydrogen-bond acceptors (Lipinski definition) is 2. The molecular formula is C18H22N2O2. The minimum atomic E-state index is -0.236. The summed E-state index contributed by atoms with van der Waals surface area (Å²) in [6.07, 6.45) is 0.822. The van der Waals surface area contributed by atoms with E-state index >= 15 is 0 Å². The molecule has 2 aromatic carbocycles. The molecule has 0 unspecified atom stereocenters. The maximum absolute atomic E-state index is 12.3. The molecule has 0 saturated heterocycles. The van der Waals surface area contributed by atoms with E-state index in [2.05, 4.69) is 10.6 Å². The van der Waals surface area contributed by atoms with Crippen molar-refractivity contribution in [3.05, 3.63) is 59.7 Å². The van der Waals surface area contributed by atoms with Gasteiger partial charge in [0.15, 0.2) is 0 Å². The van der Waals surface area contributed by atoms with Crippen molar-refractivity contribution < 1.29 is 9.53 Å². The molecular weight excluding hydrogens is 276 g/mol. The first-order valence-corrected chi connectivity index (χ1v) is 7.41. The van der Waals surface area contributed by atoms with Gasteiger partial charge in [-0.2, -0.15) is 0 Å². The van der Waals surface area contributed by atoms with Crippen LogP contribution >= 0.6 is 0 Å². The van der Waals surface area contributed by atoms with Crippen molar-refractivity contribution in [2.45, 2.75) is 26.3 Å². The third kappa shape index (κ3) is 4.01. The van der Waals surface area contributed by atoms with Gasteiger partial charge < -0.3 is 15.4 Å². The van der Waals surface area contributed by atoms with Gasteiger partial charge in [0, 0.05) is 0 Å². The molecule has 2 rings (SSSR count). The monoisotopic (exact) mass is 298 g/mol. The molecule has 0 aliphatic carbocycles. The Kier molecular flexibility index (Phi) is 5.42. The third-order valence-corrected chi connectivity index (χ3v) is 3.52. The number of nitrogens with one attached hydrogen (secondary N) is 2. The van der Waals surface area contributed by atoms with E-state index in [0.29, 0.717) is 11.4 Å². The SMILES string of the molecule is CC[C@@H](NC(=O)Nc1cc(C)ccc1OC)c1ccccc1. The van der Waals surface area contributed by atoms with Crippen LogP contribution in [0, 0.1) is 6.92 Å². The van der Waals surface area contributed by atoms with Gasteiger partial charge in [0.2, 0.25) is 0 Å². The Bertz CT molecular complexity index is 626. The van der Waals surface area contributed by atoms with Gasteiger partial charge in [-0.25, -0.2) is 4.79 Å². The van der Waals surface area contributed by atoms with Crippen LogP contribution in [-0.4, -0.2) is 13.1 Å². The highest BCUT2D eigenvalue weighted by atomic mass is 16.5. The Morgan fingerprint density at radius 3 is 2.55 bits per heavy atom. The van der Waals surface area contributed by atoms with Gasteiger partial charge >= 0.3 is 6.03 Å². The summed E-state index contributed by atoms with van der Waals surface area (Å²) in [6, 6.07) is 15.4. The number of methoxy groups -OCH3 is 1. The largest absolute Gasteiger partial charge is 0.495 e. The van der Waals surface area contributed by atoms with E-state index < -0.39 is 0 Å². The number of amides is 2. The number of urea groups is 1. The van der Waals surface area contributed by atoms with Crippen LogP contribution in [0.1, 0.15) is 30.5 Å². The summed E-state index contributed by atoms with van der Waals surface area (Å²) in [6.45, 7) is 4.02. The lowest BCUT2D eigenvalue weighted by atomic mass is 10.1. The van der Waals surface area contributed by atoms with Crippen LogP contribution in [0.25, 0.3) is 0 Å². The van der Waals surface area contributed by atoms with E-state index in [1.165, 1.54) is 0 Å². The third-order valence-electron chi connectivity index (χ3n) is 3.52. The van der Waals surface area contributed by atoms with Gasteiger partial charge in [0.1, 0.15) is 5.75 Å². The lowest BCUT2D eigenvalue weighted by Crippen LogP contribution is -2.32. The van der Waals surface area contributed by atoms with Crippen LogP contribution < -0.4 is 15.4 Å². The Labute approximate surface area is 131 Å². The number of aryl methyl sites for hydroxylation is 1. The minimum absolute atomic E-state index is 0.0167. The first-order chi connectivity index (χ1) is 10.6. The van der Waals surface area contributed by atoms with Crippen molar-refractivity contribution in [1.29, 1.82) is 0 Å². The highest BCUT2D eigenvalue weighted by Crippen LogP contribution is 2.25. The predicted octanol–water partition coefficient (Wildman–Crippen LogP) is 4.28. The van der Waals surface area contributed by atoms with E-state index in [1.54, 1.807) is 7.11 Å². The maximum Gasteiger partial charge on any atom is 0.319 e. The molecule has 0 aromatic heterocycles. The van der Waals surface area contributed by atoms with E-state index in [1.807, 2.05) is 62.4 Å². The fourth-order valence-corrected chi connectivity index (χ4v) is 2.34. The van der Waals surface area contributed by atoms with Crippen molar-refractivity contribution in [3.63, 3.8) is 0 Å². The average Bonchev–Trinajstić information content (AvgIpc) is 2.53. The minimum Gasteiger partial charge on any atom is -0.495 e. The Hall–Kier alpha value is -2.49. The molecule has 2 amide bonds. The quantitative estimate of drug-likeness (QED) is 0.865. The van der Waals surface area contributed by atoms with Crippen molar-refractivity contribution in [3.8, 4) is 5.75 Å². The summed E-state index contributed by atoms with van der Waals surface area (Å²) in [5.74, 6) is 0.647. The number of ether oxygens (including phenoxy) is 1. The van der Waals surface area contributed by atoms with Crippen molar-refractivity contribution in [1.82, 2.24) is 5.32 Å². The maximum atomic E-state index is 12.3. The number of anilines is 1. The number of benzene rings is 2. The summed E-state index contributed by atoms with van der Waals surface area (Å²) in [5.41, 5.74) is 2.82. The molecule has 2 aromatic rings. The Morgan fingerprint density at radius 2 is 1.91 bits per heavy atom. The Balaban J connectivity index is 2.08. The fourth-order valence-electron chi connectivity index (χ4n) is 2.34. The summed E-state index contributed by atoms with van der Waals surface area (Å²) >= 11 is 0. The molecule has 116 valence electrons. The zero-order valence-electron chi connectivity index (χ0n) is 13.2. The number of carbonyl (C=O) groups excluding carboxylic acids is 1.